The number of benzene rings is 1. The molecule has 6 heteroatoms. The van der Waals surface area contributed by atoms with Crippen molar-refractivity contribution in [2.24, 2.45) is 0 Å². The molecule has 2 aromatic rings. The quantitative estimate of drug-likeness (QED) is 0.874. The predicted octanol–water partition coefficient (Wildman–Crippen LogP) is 2.01. The van der Waals surface area contributed by atoms with Crippen LogP contribution >= 0.6 is 11.6 Å². The highest BCUT2D eigenvalue weighted by molar-refractivity contribution is 6.30. The normalized spacial score (nSPS) is 10.7. The Kier molecular flexibility index (Phi) is 2.78. The zero-order valence-corrected chi connectivity index (χ0v) is 9.37. The van der Waals surface area contributed by atoms with Gasteiger partial charge in [0.25, 0.3) is 0 Å². The van der Waals surface area contributed by atoms with E-state index in [2.05, 4.69) is 10.3 Å². The molecule has 0 aliphatic heterocycles. The number of hydrogen-bond acceptors (Lipinski definition) is 3. The second-order valence-electron chi connectivity index (χ2n) is 3.45. The van der Waals surface area contributed by atoms with Gasteiger partial charge in [0, 0.05) is 10.6 Å². The zero-order valence-electron chi connectivity index (χ0n) is 8.61. The molecule has 0 saturated carbocycles. The van der Waals surface area contributed by atoms with Crippen LogP contribution < -0.4 is 5.73 Å². The monoisotopic (exact) mass is 240 g/mol. The van der Waals surface area contributed by atoms with Crippen LogP contribution in [0, 0.1) is 12.7 Å². The van der Waals surface area contributed by atoms with E-state index >= 15 is 0 Å². The fraction of sp³-hybridized carbons (Fsp3) is 0.200. The van der Waals surface area contributed by atoms with Gasteiger partial charge < -0.3 is 5.73 Å². The van der Waals surface area contributed by atoms with Crippen molar-refractivity contribution in [3.63, 3.8) is 0 Å². The van der Waals surface area contributed by atoms with Crippen LogP contribution in [0.1, 0.15) is 11.3 Å². The molecule has 0 atom stereocenters. The van der Waals surface area contributed by atoms with Crippen LogP contribution in [-0.2, 0) is 6.54 Å². The van der Waals surface area contributed by atoms with E-state index in [0.717, 1.165) is 0 Å². The molecule has 0 fully saturated rings. The first kappa shape index (κ1) is 10.9. The van der Waals surface area contributed by atoms with Gasteiger partial charge in [0.15, 0.2) is 5.82 Å². The maximum Gasteiger partial charge on any atom is 0.168 e. The van der Waals surface area contributed by atoms with E-state index in [9.17, 15) is 4.39 Å². The number of rotatable bonds is 2. The lowest BCUT2D eigenvalue weighted by molar-refractivity contribution is 0.571. The van der Waals surface area contributed by atoms with Crippen LogP contribution in [0.4, 0.5) is 10.2 Å². The molecule has 0 saturated heterocycles. The van der Waals surface area contributed by atoms with Gasteiger partial charge in [0.1, 0.15) is 5.82 Å². The number of anilines is 1. The van der Waals surface area contributed by atoms with Crippen molar-refractivity contribution >= 4 is 17.4 Å². The van der Waals surface area contributed by atoms with E-state index in [1.54, 1.807) is 13.0 Å². The summed E-state index contributed by atoms with van der Waals surface area (Å²) in [4.78, 5) is 0. The van der Waals surface area contributed by atoms with E-state index in [4.69, 9.17) is 17.3 Å². The van der Waals surface area contributed by atoms with Gasteiger partial charge in [-0.05, 0) is 25.1 Å². The van der Waals surface area contributed by atoms with Gasteiger partial charge in [-0.2, -0.15) is 0 Å². The Labute approximate surface area is 96.8 Å². The molecule has 2 rings (SSSR count). The Morgan fingerprint density at radius 3 is 2.88 bits per heavy atom. The summed E-state index contributed by atoms with van der Waals surface area (Å²) in [6, 6.07) is 4.39. The summed E-state index contributed by atoms with van der Waals surface area (Å²) in [5.41, 5.74) is 6.71. The van der Waals surface area contributed by atoms with Gasteiger partial charge in [-0.25, -0.2) is 9.07 Å². The average Bonchev–Trinajstić information content (AvgIpc) is 2.55. The minimum atomic E-state index is -0.321. The van der Waals surface area contributed by atoms with E-state index < -0.39 is 0 Å². The molecule has 1 heterocycles. The molecule has 0 radical (unpaired) electrons. The molecule has 0 aliphatic carbocycles. The molecule has 4 nitrogen and oxygen atoms in total. The first-order valence-corrected chi connectivity index (χ1v) is 5.05. The molecule has 16 heavy (non-hydrogen) atoms. The van der Waals surface area contributed by atoms with Gasteiger partial charge in [-0.15, -0.1) is 5.10 Å². The van der Waals surface area contributed by atoms with Crippen LogP contribution in [0.5, 0.6) is 0 Å². The Morgan fingerprint density at radius 2 is 2.25 bits per heavy atom. The summed E-state index contributed by atoms with van der Waals surface area (Å²) in [7, 11) is 0. The molecule has 1 aromatic carbocycles. The lowest BCUT2D eigenvalue weighted by Gasteiger charge is -2.05. The fourth-order valence-corrected chi connectivity index (χ4v) is 1.54. The lowest BCUT2D eigenvalue weighted by Crippen LogP contribution is -2.06. The third-order valence-corrected chi connectivity index (χ3v) is 2.58. The van der Waals surface area contributed by atoms with Crippen LogP contribution in [0.25, 0.3) is 0 Å². The summed E-state index contributed by atoms with van der Waals surface area (Å²) < 4.78 is 15.0. The topological polar surface area (TPSA) is 56.7 Å². The highest BCUT2D eigenvalue weighted by Crippen LogP contribution is 2.17. The Bertz CT molecular complexity index is 524. The van der Waals surface area contributed by atoms with Crippen molar-refractivity contribution in [3.8, 4) is 0 Å². The minimum absolute atomic E-state index is 0.266. The highest BCUT2D eigenvalue weighted by Gasteiger charge is 2.08. The van der Waals surface area contributed by atoms with E-state index in [1.165, 1.54) is 16.8 Å². The first-order valence-electron chi connectivity index (χ1n) is 4.67. The molecule has 0 spiro atoms. The largest absolute Gasteiger partial charge is 0.381 e. The molecule has 1 aromatic heterocycles. The summed E-state index contributed by atoms with van der Waals surface area (Å²) in [6.07, 6.45) is 0. The molecule has 0 aliphatic rings. The van der Waals surface area contributed by atoms with Crippen LogP contribution in [0.3, 0.4) is 0 Å². The zero-order chi connectivity index (χ0) is 11.7. The maximum atomic E-state index is 13.4. The minimum Gasteiger partial charge on any atom is -0.381 e. The Hall–Kier alpha value is -1.62. The Balaban J connectivity index is 2.33. The van der Waals surface area contributed by atoms with Gasteiger partial charge >= 0.3 is 0 Å². The summed E-state index contributed by atoms with van der Waals surface area (Å²) in [5, 5.41) is 8.00. The van der Waals surface area contributed by atoms with Gasteiger partial charge in [-0.1, -0.05) is 16.8 Å². The molecule has 84 valence electrons. The van der Waals surface area contributed by atoms with E-state index in [0.29, 0.717) is 22.1 Å². The number of halogens is 2. The van der Waals surface area contributed by atoms with Crippen molar-refractivity contribution in [3.05, 3.63) is 40.3 Å². The number of nitrogen functional groups attached to an aromatic ring is 1. The van der Waals surface area contributed by atoms with E-state index in [1.807, 2.05) is 0 Å². The number of aromatic nitrogens is 3. The van der Waals surface area contributed by atoms with Crippen LogP contribution in [0.15, 0.2) is 18.2 Å². The third-order valence-electron chi connectivity index (χ3n) is 2.35. The molecule has 0 amide bonds. The maximum absolute atomic E-state index is 13.4. The number of nitrogens with two attached hydrogens (primary N) is 1. The van der Waals surface area contributed by atoms with Gasteiger partial charge in [0.05, 0.1) is 12.2 Å². The van der Waals surface area contributed by atoms with Crippen LogP contribution in [0.2, 0.25) is 5.02 Å². The average molecular weight is 241 g/mol. The summed E-state index contributed by atoms with van der Waals surface area (Å²) in [5.74, 6) is 0.0281. The molecule has 0 bridgehead atoms. The van der Waals surface area contributed by atoms with Crippen molar-refractivity contribution in [1.29, 1.82) is 0 Å². The predicted molar refractivity (Wildman–Crippen MR) is 59.7 cm³/mol. The molecular weight excluding hydrogens is 231 g/mol. The fourth-order valence-electron chi connectivity index (χ4n) is 1.35. The van der Waals surface area contributed by atoms with E-state index in [-0.39, 0.29) is 12.4 Å². The van der Waals surface area contributed by atoms with Gasteiger partial charge in [0.2, 0.25) is 0 Å². The third kappa shape index (κ3) is 1.99. The van der Waals surface area contributed by atoms with Crippen LogP contribution in [-0.4, -0.2) is 15.0 Å². The number of nitrogens with zero attached hydrogens (tertiary/aromatic N) is 3. The van der Waals surface area contributed by atoms with Gasteiger partial charge in [-0.3, -0.25) is 0 Å². The molecular formula is C10H10ClFN4. The summed E-state index contributed by atoms with van der Waals surface area (Å²) >= 11 is 5.79. The highest BCUT2D eigenvalue weighted by atomic mass is 35.5. The lowest BCUT2D eigenvalue weighted by atomic mass is 10.2. The molecule has 0 unspecified atom stereocenters. The van der Waals surface area contributed by atoms with Crippen molar-refractivity contribution in [2.45, 2.75) is 13.5 Å². The Morgan fingerprint density at radius 1 is 1.50 bits per heavy atom. The van der Waals surface area contributed by atoms with Crippen molar-refractivity contribution in [1.82, 2.24) is 15.0 Å². The standard InChI is InChI=1S/C10H10ClFN4/c1-6-10(13)14-15-16(6)5-7-4-8(11)2-3-9(7)12/h2-4H,5,13H2,1H3. The molecule has 2 N–H and O–H groups in total. The second-order valence-corrected chi connectivity index (χ2v) is 3.89. The SMILES string of the molecule is Cc1c(N)nnn1Cc1cc(Cl)ccc1F. The smallest absolute Gasteiger partial charge is 0.168 e. The van der Waals surface area contributed by atoms with Crippen molar-refractivity contribution in [2.75, 3.05) is 5.73 Å². The first-order chi connectivity index (χ1) is 7.58. The van der Waals surface area contributed by atoms with Crippen molar-refractivity contribution < 1.29 is 4.39 Å². The summed E-state index contributed by atoms with van der Waals surface area (Å²) in [6.45, 7) is 2.04. The second kappa shape index (κ2) is 4.09. The number of hydrogen-bond donors (Lipinski definition) is 1.